The minimum atomic E-state index is -0.0420. The summed E-state index contributed by atoms with van der Waals surface area (Å²) in [5, 5.41) is 24.2. The highest BCUT2D eigenvalue weighted by Gasteiger charge is 2.08. The van der Waals surface area contributed by atoms with Crippen LogP contribution in [0.15, 0.2) is 0 Å². The molecule has 0 atom stereocenters. The summed E-state index contributed by atoms with van der Waals surface area (Å²) in [6, 6.07) is 0. The molecule has 0 saturated carbocycles. The summed E-state index contributed by atoms with van der Waals surface area (Å²) in [4.78, 5) is 23.1. The summed E-state index contributed by atoms with van der Waals surface area (Å²) < 4.78 is 11.1. The first kappa shape index (κ1) is 24.3. The van der Waals surface area contributed by atoms with Crippen molar-refractivity contribution in [2.45, 2.75) is 52.4 Å². The van der Waals surface area contributed by atoms with E-state index in [1.807, 2.05) is 13.8 Å². The zero-order valence-electron chi connectivity index (χ0n) is 17.3. The number of ether oxygens (including phenoxy) is 2. The van der Waals surface area contributed by atoms with Crippen LogP contribution < -0.4 is 10.6 Å². The molecule has 2 aromatic heterocycles. The number of nitrogens with zero attached hydrogens (tertiary/aromatic N) is 4. The molecule has 0 aliphatic carbocycles. The molecule has 2 rings (SSSR count). The Kier molecular flexibility index (Phi) is 11.4. The first-order valence-electron chi connectivity index (χ1n) is 10.0. The molecule has 0 aromatic carbocycles. The van der Waals surface area contributed by atoms with Crippen LogP contribution in [0.3, 0.4) is 0 Å². The van der Waals surface area contributed by atoms with Gasteiger partial charge in [0.15, 0.2) is 0 Å². The van der Waals surface area contributed by atoms with E-state index in [1.54, 1.807) is 0 Å². The topological polar surface area (TPSA) is 128 Å². The maximum atomic E-state index is 11.5. The van der Waals surface area contributed by atoms with E-state index < -0.39 is 0 Å². The fourth-order valence-electron chi connectivity index (χ4n) is 2.27. The summed E-state index contributed by atoms with van der Waals surface area (Å²) >= 11 is 2.72. The van der Waals surface area contributed by atoms with Crippen molar-refractivity contribution in [3.05, 3.63) is 10.0 Å². The van der Waals surface area contributed by atoms with Gasteiger partial charge >= 0.3 is 0 Å². The Morgan fingerprint density at radius 3 is 1.57 bits per heavy atom. The highest BCUT2D eigenvalue weighted by atomic mass is 32.1. The van der Waals surface area contributed by atoms with E-state index in [0.29, 0.717) is 62.4 Å². The Morgan fingerprint density at radius 1 is 0.733 bits per heavy atom. The van der Waals surface area contributed by atoms with Gasteiger partial charge in [-0.25, -0.2) is 0 Å². The van der Waals surface area contributed by atoms with Crippen LogP contribution in [0.25, 0.3) is 0 Å². The number of nitrogens with one attached hydrogen (secondary N) is 2. The molecule has 0 fully saturated rings. The van der Waals surface area contributed by atoms with Crippen molar-refractivity contribution in [3.8, 4) is 0 Å². The second kappa shape index (κ2) is 14.1. The van der Waals surface area contributed by atoms with Gasteiger partial charge in [0.25, 0.3) is 0 Å². The Balaban J connectivity index is 1.50. The van der Waals surface area contributed by atoms with Gasteiger partial charge in [-0.2, -0.15) is 0 Å². The molecule has 0 spiro atoms. The second-order valence-corrected chi connectivity index (χ2v) is 8.45. The molecule has 2 amide bonds. The van der Waals surface area contributed by atoms with Crippen LogP contribution in [0.2, 0.25) is 0 Å². The second-order valence-electron chi connectivity index (χ2n) is 6.32. The standard InChI is InChI=1S/C18H28N6O4S2/c1-3-5-13(25)19-17-23-21-15(29-17)7-9-27-11-12-28-10-8-16-22-24-18(30-16)20-14(26)6-4-2/h3-12H2,1-2H3,(H,19,23,25)(H,20,24,26). The summed E-state index contributed by atoms with van der Waals surface area (Å²) in [5.41, 5.74) is 0. The first-order chi connectivity index (χ1) is 14.6. The van der Waals surface area contributed by atoms with E-state index in [1.165, 1.54) is 22.7 Å². The van der Waals surface area contributed by atoms with Crippen LogP contribution in [0, 0.1) is 0 Å². The molecule has 0 bridgehead atoms. The molecule has 0 aliphatic rings. The molecule has 30 heavy (non-hydrogen) atoms. The Bertz CT molecular complexity index is 718. The van der Waals surface area contributed by atoms with Gasteiger partial charge in [-0.15, -0.1) is 20.4 Å². The highest BCUT2D eigenvalue weighted by Crippen LogP contribution is 2.17. The lowest BCUT2D eigenvalue weighted by Gasteiger charge is -2.04. The number of amides is 2. The number of aromatic nitrogens is 4. The fraction of sp³-hybridized carbons (Fsp3) is 0.667. The van der Waals surface area contributed by atoms with Gasteiger partial charge in [0.05, 0.1) is 26.4 Å². The number of carbonyl (C=O) groups is 2. The molecular weight excluding hydrogens is 428 g/mol. The Hall–Kier alpha value is -2.02. The van der Waals surface area contributed by atoms with Gasteiger partial charge in [0.1, 0.15) is 10.0 Å². The van der Waals surface area contributed by atoms with E-state index in [0.717, 1.165) is 22.9 Å². The lowest BCUT2D eigenvalue weighted by Crippen LogP contribution is -2.10. The number of carbonyl (C=O) groups excluding carboxylic acids is 2. The molecule has 10 nitrogen and oxygen atoms in total. The molecule has 2 heterocycles. The smallest absolute Gasteiger partial charge is 0.226 e. The maximum absolute atomic E-state index is 11.5. The minimum absolute atomic E-state index is 0.0420. The Morgan fingerprint density at radius 2 is 1.17 bits per heavy atom. The van der Waals surface area contributed by atoms with Crippen molar-refractivity contribution in [2.75, 3.05) is 37.1 Å². The van der Waals surface area contributed by atoms with Gasteiger partial charge < -0.3 is 20.1 Å². The van der Waals surface area contributed by atoms with E-state index >= 15 is 0 Å². The summed E-state index contributed by atoms with van der Waals surface area (Å²) in [6.07, 6.45) is 3.83. The van der Waals surface area contributed by atoms with Gasteiger partial charge in [0, 0.05) is 25.7 Å². The first-order valence-corrected chi connectivity index (χ1v) is 11.6. The molecule has 0 radical (unpaired) electrons. The third-order valence-corrected chi connectivity index (χ3v) is 5.47. The van der Waals surface area contributed by atoms with Crippen molar-refractivity contribution >= 4 is 44.8 Å². The fourth-order valence-corrected chi connectivity index (χ4v) is 3.74. The van der Waals surface area contributed by atoms with Crippen molar-refractivity contribution in [1.82, 2.24) is 20.4 Å². The summed E-state index contributed by atoms with van der Waals surface area (Å²) in [7, 11) is 0. The highest BCUT2D eigenvalue weighted by molar-refractivity contribution is 7.15. The van der Waals surface area contributed by atoms with Gasteiger partial charge in [-0.05, 0) is 12.8 Å². The predicted octanol–water partition coefficient (Wildman–Crippen LogP) is 2.69. The van der Waals surface area contributed by atoms with Gasteiger partial charge in [-0.1, -0.05) is 36.5 Å². The Labute approximate surface area is 183 Å². The monoisotopic (exact) mass is 456 g/mol. The number of hydrogen-bond donors (Lipinski definition) is 2. The zero-order valence-corrected chi connectivity index (χ0v) is 18.9. The van der Waals surface area contributed by atoms with Crippen LogP contribution in [0.5, 0.6) is 0 Å². The van der Waals surface area contributed by atoms with Crippen molar-refractivity contribution in [1.29, 1.82) is 0 Å². The predicted molar refractivity (Wildman–Crippen MR) is 116 cm³/mol. The van der Waals surface area contributed by atoms with Crippen LogP contribution in [0.4, 0.5) is 10.3 Å². The lowest BCUT2D eigenvalue weighted by atomic mass is 10.3. The average molecular weight is 457 g/mol. The van der Waals surface area contributed by atoms with Crippen LogP contribution in [0.1, 0.15) is 49.5 Å². The normalized spacial score (nSPS) is 10.9. The molecular formula is C18H28N6O4S2. The molecule has 0 saturated heterocycles. The third kappa shape index (κ3) is 9.65. The largest absolute Gasteiger partial charge is 0.379 e. The molecule has 0 aliphatic heterocycles. The van der Waals surface area contributed by atoms with Crippen LogP contribution >= 0.6 is 22.7 Å². The van der Waals surface area contributed by atoms with E-state index in [2.05, 4.69) is 31.0 Å². The molecule has 12 heteroatoms. The number of hydrogen-bond acceptors (Lipinski definition) is 10. The van der Waals surface area contributed by atoms with Gasteiger partial charge in [0.2, 0.25) is 22.1 Å². The van der Waals surface area contributed by atoms with E-state index in [-0.39, 0.29) is 11.8 Å². The number of anilines is 2. The lowest BCUT2D eigenvalue weighted by molar-refractivity contribution is -0.117. The van der Waals surface area contributed by atoms with Crippen molar-refractivity contribution in [2.24, 2.45) is 0 Å². The summed E-state index contributed by atoms with van der Waals surface area (Å²) in [6.45, 7) is 5.89. The SMILES string of the molecule is CCCC(=O)Nc1nnc(CCOCCOCCc2nnc(NC(=O)CCC)s2)s1. The summed E-state index contributed by atoms with van der Waals surface area (Å²) in [5.74, 6) is -0.0841. The van der Waals surface area contributed by atoms with E-state index in [9.17, 15) is 9.59 Å². The zero-order chi connectivity index (χ0) is 21.6. The minimum Gasteiger partial charge on any atom is -0.379 e. The van der Waals surface area contributed by atoms with Crippen molar-refractivity contribution in [3.63, 3.8) is 0 Å². The van der Waals surface area contributed by atoms with Gasteiger partial charge in [-0.3, -0.25) is 9.59 Å². The van der Waals surface area contributed by atoms with Crippen LogP contribution in [-0.2, 0) is 31.9 Å². The molecule has 2 N–H and O–H groups in total. The molecule has 2 aromatic rings. The van der Waals surface area contributed by atoms with Crippen molar-refractivity contribution < 1.29 is 19.1 Å². The average Bonchev–Trinajstić information content (AvgIpc) is 3.33. The molecule has 0 unspecified atom stereocenters. The quantitative estimate of drug-likeness (QED) is 0.392. The van der Waals surface area contributed by atoms with Crippen LogP contribution in [-0.4, -0.2) is 58.6 Å². The van der Waals surface area contributed by atoms with E-state index in [4.69, 9.17) is 9.47 Å². The number of rotatable bonds is 15. The molecule has 166 valence electrons. The maximum Gasteiger partial charge on any atom is 0.226 e. The third-order valence-electron chi connectivity index (χ3n) is 3.67.